The van der Waals surface area contributed by atoms with Crippen LogP contribution in [0.5, 0.6) is 0 Å². The van der Waals surface area contributed by atoms with Crippen LogP contribution in [0.15, 0.2) is 24.3 Å². The second kappa shape index (κ2) is 8.95. The molecule has 2 heterocycles. The monoisotopic (exact) mass is 331 g/mol. The van der Waals surface area contributed by atoms with Crippen molar-refractivity contribution in [2.75, 3.05) is 53.0 Å². The van der Waals surface area contributed by atoms with Crippen molar-refractivity contribution in [1.82, 2.24) is 15.1 Å². The topological polar surface area (TPSA) is 27.7 Å². The molecule has 0 saturated carbocycles. The second-order valence-electron chi connectivity index (χ2n) is 7.30. The van der Waals surface area contributed by atoms with Gasteiger partial charge in [-0.3, -0.25) is 4.90 Å². The number of morpholine rings is 1. The van der Waals surface area contributed by atoms with E-state index in [1.165, 1.54) is 37.1 Å². The summed E-state index contributed by atoms with van der Waals surface area (Å²) in [5.41, 5.74) is 2.85. The highest BCUT2D eigenvalue weighted by Crippen LogP contribution is 2.20. The number of likely N-dealkylation sites (tertiary alicyclic amines) is 1. The fourth-order valence-electron chi connectivity index (χ4n) is 3.74. The molecule has 1 unspecified atom stereocenters. The first-order valence-electron chi connectivity index (χ1n) is 9.58. The van der Waals surface area contributed by atoms with Crippen LogP contribution in [0.2, 0.25) is 0 Å². The van der Waals surface area contributed by atoms with Gasteiger partial charge in [-0.2, -0.15) is 0 Å². The number of piperidine rings is 1. The number of rotatable bonds is 6. The Kier molecular flexibility index (Phi) is 6.67. The number of benzene rings is 1. The normalized spacial score (nSPS) is 22.6. The molecule has 3 rings (SSSR count). The fourth-order valence-corrected chi connectivity index (χ4v) is 3.74. The predicted octanol–water partition coefficient (Wildman–Crippen LogP) is 2.31. The molecule has 4 heteroatoms. The predicted molar refractivity (Wildman–Crippen MR) is 99.5 cm³/mol. The first-order valence-corrected chi connectivity index (χ1v) is 9.58. The molecule has 2 saturated heterocycles. The van der Waals surface area contributed by atoms with Gasteiger partial charge in [0.15, 0.2) is 0 Å². The SMILES string of the molecule is CCc1ccc(C(CN2CCOCC2)NC2CCN(C)CC2)cc1. The number of nitrogens with one attached hydrogen (secondary N) is 1. The van der Waals surface area contributed by atoms with Crippen molar-refractivity contribution in [3.8, 4) is 0 Å². The Bertz CT molecular complexity index is 476. The van der Waals surface area contributed by atoms with E-state index in [2.05, 4.69) is 53.4 Å². The molecule has 1 atom stereocenters. The van der Waals surface area contributed by atoms with Crippen molar-refractivity contribution >= 4 is 0 Å². The third-order valence-corrected chi connectivity index (χ3v) is 5.49. The maximum absolute atomic E-state index is 5.51. The highest BCUT2D eigenvalue weighted by Gasteiger charge is 2.23. The summed E-state index contributed by atoms with van der Waals surface area (Å²) in [4.78, 5) is 4.98. The molecule has 2 aliphatic heterocycles. The van der Waals surface area contributed by atoms with E-state index in [9.17, 15) is 0 Å². The Morgan fingerprint density at radius 1 is 1.08 bits per heavy atom. The molecule has 1 N–H and O–H groups in total. The number of hydrogen-bond donors (Lipinski definition) is 1. The molecular formula is C20H33N3O. The lowest BCUT2D eigenvalue weighted by Gasteiger charge is -2.36. The van der Waals surface area contributed by atoms with E-state index in [0.29, 0.717) is 12.1 Å². The molecule has 2 fully saturated rings. The minimum atomic E-state index is 0.419. The molecule has 0 spiro atoms. The quantitative estimate of drug-likeness (QED) is 0.866. The van der Waals surface area contributed by atoms with Crippen LogP contribution >= 0.6 is 0 Å². The minimum Gasteiger partial charge on any atom is -0.379 e. The third-order valence-electron chi connectivity index (χ3n) is 5.49. The number of aryl methyl sites for hydroxylation is 1. The lowest BCUT2D eigenvalue weighted by molar-refractivity contribution is 0.0322. The summed E-state index contributed by atoms with van der Waals surface area (Å²) < 4.78 is 5.51. The summed E-state index contributed by atoms with van der Waals surface area (Å²) in [7, 11) is 2.23. The van der Waals surface area contributed by atoms with Gasteiger partial charge in [0, 0.05) is 31.7 Å². The van der Waals surface area contributed by atoms with Crippen molar-refractivity contribution in [1.29, 1.82) is 0 Å². The molecule has 0 bridgehead atoms. The standard InChI is InChI=1S/C20H33N3O/c1-3-17-4-6-18(7-5-17)20(16-23-12-14-24-15-13-23)21-19-8-10-22(2)11-9-19/h4-7,19-21H,3,8-16H2,1-2H3. The zero-order valence-electron chi connectivity index (χ0n) is 15.3. The molecule has 4 nitrogen and oxygen atoms in total. The van der Waals surface area contributed by atoms with Gasteiger partial charge in [0.05, 0.1) is 13.2 Å². The number of hydrogen-bond acceptors (Lipinski definition) is 4. The van der Waals surface area contributed by atoms with Crippen molar-refractivity contribution < 1.29 is 4.74 Å². The van der Waals surface area contributed by atoms with E-state index in [1.807, 2.05) is 0 Å². The van der Waals surface area contributed by atoms with Gasteiger partial charge in [-0.05, 0) is 50.5 Å². The lowest BCUT2D eigenvalue weighted by atomic mass is 9.99. The van der Waals surface area contributed by atoms with E-state index >= 15 is 0 Å². The van der Waals surface area contributed by atoms with Crippen LogP contribution in [0.4, 0.5) is 0 Å². The summed E-state index contributed by atoms with van der Waals surface area (Å²) in [5, 5.41) is 3.97. The first-order chi connectivity index (χ1) is 11.7. The van der Waals surface area contributed by atoms with E-state index < -0.39 is 0 Å². The maximum atomic E-state index is 5.51. The number of ether oxygens (including phenoxy) is 1. The molecule has 0 aromatic heterocycles. The summed E-state index contributed by atoms with van der Waals surface area (Å²) >= 11 is 0. The van der Waals surface area contributed by atoms with E-state index in [4.69, 9.17) is 4.74 Å². The van der Waals surface area contributed by atoms with Crippen molar-refractivity contribution in [2.24, 2.45) is 0 Å². The van der Waals surface area contributed by atoms with Crippen molar-refractivity contribution in [2.45, 2.75) is 38.3 Å². The van der Waals surface area contributed by atoms with Gasteiger partial charge < -0.3 is 15.0 Å². The largest absolute Gasteiger partial charge is 0.379 e. The lowest BCUT2D eigenvalue weighted by Crippen LogP contribution is -2.47. The Morgan fingerprint density at radius 2 is 1.75 bits per heavy atom. The fraction of sp³-hybridized carbons (Fsp3) is 0.700. The minimum absolute atomic E-state index is 0.419. The van der Waals surface area contributed by atoms with Crippen LogP contribution in [-0.4, -0.2) is 68.8 Å². The average Bonchev–Trinajstić information content (AvgIpc) is 2.64. The zero-order valence-corrected chi connectivity index (χ0v) is 15.3. The average molecular weight is 332 g/mol. The van der Waals surface area contributed by atoms with Gasteiger partial charge in [0.25, 0.3) is 0 Å². The second-order valence-corrected chi connectivity index (χ2v) is 7.30. The van der Waals surface area contributed by atoms with Crippen LogP contribution in [0, 0.1) is 0 Å². The van der Waals surface area contributed by atoms with Gasteiger partial charge in [-0.25, -0.2) is 0 Å². The van der Waals surface area contributed by atoms with Crippen LogP contribution in [-0.2, 0) is 11.2 Å². The van der Waals surface area contributed by atoms with Gasteiger partial charge in [-0.1, -0.05) is 31.2 Å². The van der Waals surface area contributed by atoms with Crippen molar-refractivity contribution in [3.63, 3.8) is 0 Å². The molecular weight excluding hydrogens is 298 g/mol. The van der Waals surface area contributed by atoms with Crippen LogP contribution < -0.4 is 5.32 Å². The molecule has 0 radical (unpaired) electrons. The van der Waals surface area contributed by atoms with Gasteiger partial charge in [-0.15, -0.1) is 0 Å². The molecule has 134 valence electrons. The molecule has 0 aliphatic carbocycles. The highest BCUT2D eigenvalue weighted by molar-refractivity contribution is 5.25. The molecule has 0 amide bonds. The van der Waals surface area contributed by atoms with E-state index in [0.717, 1.165) is 39.3 Å². The van der Waals surface area contributed by atoms with Gasteiger partial charge in [0.2, 0.25) is 0 Å². The van der Waals surface area contributed by atoms with E-state index in [-0.39, 0.29) is 0 Å². The van der Waals surface area contributed by atoms with Crippen LogP contribution in [0.3, 0.4) is 0 Å². The van der Waals surface area contributed by atoms with Gasteiger partial charge in [0.1, 0.15) is 0 Å². The maximum Gasteiger partial charge on any atom is 0.0594 e. The third kappa shape index (κ3) is 5.03. The Balaban J connectivity index is 1.66. The molecule has 2 aliphatic rings. The molecule has 24 heavy (non-hydrogen) atoms. The molecule has 1 aromatic rings. The number of nitrogens with zero attached hydrogens (tertiary/aromatic N) is 2. The Hall–Kier alpha value is -0.940. The van der Waals surface area contributed by atoms with Crippen LogP contribution in [0.25, 0.3) is 0 Å². The summed E-state index contributed by atoms with van der Waals surface area (Å²) in [5.74, 6) is 0. The first kappa shape index (κ1) is 17.9. The smallest absolute Gasteiger partial charge is 0.0594 e. The summed E-state index contributed by atoms with van der Waals surface area (Å²) in [6, 6.07) is 10.3. The summed E-state index contributed by atoms with van der Waals surface area (Å²) in [6.07, 6.45) is 3.61. The Morgan fingerprint density at radius 3 is 2.38 bits per heavy atom. The molecule has 1 aromatic carbocycles. The van der Waals surface area contributed by atoms with Gasteiger partial charge >= 0.3 is 0 Å². The summed E-state index contributed by atoms with van der Waals surface area (Å²) in [6.45, 7) is 9.56. The Labute approximate surface area is 147 Å². The van der Waals surface area contributed by atoms with Crippen molar-refractivity contribution in [3.05, 3.63) is 35.4 Å². The highest BCUT2D eigenvalue weighted by atomic mass is 16.5. The van der Waals surface area contributed by atoms with Crippen LogP contribution in [0.1, 0.15) is 36.9 Å². The van der Waals surface area contributed by atoms with E-state index in [1.54, 1.807) is 0 Å². The zero-order chi connectivity index (χ0) is 16.8.